The molecule has 0 aliphatic heterocycles. The lowest BCUT2D eigenvalue weighted by molar-refractivity contribution is -0.138. The standard InChI is InChI=1S/C19H18Br2O5/c1-9(2)14-7-13(4-12(8-22)17(14)23)26-18-15(20)5-11(6-16(18)21)10(3)19(24)25/h4-10,23H,1-3H3,(H,24,25). The number of hydrogen-bond acceptors (Lipinski definition) is 4. The summed E-state index contributed by atoms with van der Waals surface area (Å²) in [5.74, 6) is -0.792. The van der Waals surface area contributed by atoms with Crippen LogP contribution in [0.25, 0.3) is 0 Å². The van der Waals surface area contributed by atoms with Gasteiger partial charge in [0, 0.05) is 5.56 Å². The van der Waals surface area contributed by atoms with E-state index in [-0.39, 0.29) is 17.2 Å². The number of aromatic hydroxyl groups is 1. The maximum atomic E-state index is 11.2. The highest BCUT2D eigenvalue weighted by atomic mass is 79.9. The molecule has 138 valence electrons. The maximum Gasteiger partial charge on any atom is 0.310 e. The molecule has 0 heterocycles. The topological polar surface area (TPSA) is 83.8 Å². The van der Waals surface area contributed by atoms with Crippen LogP contribution in [-0.4, -0.2) is 22.5 Å². The van der Waals surface area contributed by atoms with Crippen molar-refractivity contribution < 1.29 is 24.5 Å². The van der Waals surface area contributed by atoms with E-state index >= 15 is 0 Å². The van der Waals surface area contributed by atoms with Gasteiger partial charge in [0.25, 0.3) is 0 Å². The average molecular weight is 486 g/mol. The van der Waals surface area contributed by atoms with Crippen molar-refractivity contribution in [3.05, 3.63) is 49.9 Å². The number of carboxylic acids is 1. The molecule has 0 aliphatic rings. The highest BCUT2D eigenvalue weighted by molar-refractivity contribution is 9.11. The first-order chi connectivity index (χ1) is 12.1. The summed E-state index contributed by atoms with van der Waals surface area (Å²) in [7, 11) is 0. The number of phenolic OH excluding ortho intramolecular Hbond substituents is 1. The van der Waals surface area contributed by atoms with Crippen LogP contribution in [0, 0.1) is 0 Å². The van der Waals surface area contributed by atoms with E-state index < -0.39 is 11.9 Å². The molecular formula is C19H18Br2O5. The van der Waals surface area contributed by atoms with Gasteiger partial charge >= 0.3 is 5.97 Å². The molecule has 0 saturated carbocycles. The molecule has 2 aromatic rings. The number of aldehydes is 1. The van der Waals surface area contributed by atoms with Gasteiger partial charge in [-0.2, -0.15) is 0 Å². The van der Waals surface area contributed by atoms with Gasteiger partial charge in [-0.1, -0.05) is 13.8 Å². The van der Waals surface area contributed by atoms with E-state index in [4.69, 9.17) is 9.84 Å². The summed E-state index contributed by atoms with van der Waals surface area (Å²) in [6, 6.07) is 6.51. The van der Waals surface area contributed by atoms with Gasteiger partial charge in [0.15, 0.2) is 12.0 Å². The number of benzene rings is 2. The highest BCUT2D eigenvalue weighted by Crippen LogP contribution is 2.41. The molecule has 0 aliphatic carbocycles. The summed E-state index contributed by atoms with van der Waals surface area (Å²) in [5, 5.41) is 19.3. The van der Waals surface area contributed by atoms with Crippen LogP contribution in [0.2, 0.25) is 0 Å². The Kier molecular flexibility index (Phi) is 6.47. The number of phenols is 1. The summed E-state index contributed by atoms with van der Waals surface area (Å²) in [4.78, 5) is 22.4. The summed E-state index contributed by atoms with van der Waals surface area (Å²) in [6.07, 6.45) is 0.579. The van der Waals surface area contributed by atoms with Gasteiger partial charge < -0.3 is 14.9 Å². The molecule has 7 heteroatoms. The normalized spacial score (nSPS) is 12.1. The molecule has 0 radical (unpaired) electrons. The Balaban J connectivity index is 2.47. The lowest BCUT2D eigenvalue weighted by Gasteiger charge is -2.16. The number of aliphatic carboxylic acids is 1. The van der Waals surface area contributed by atoms with Crippen LogP contribution in [0.1, 0.15) is 54.1 Å². The Morgan fingerprint density at radius 1 is 1.12 bits per heavy atom. The second-order valence-corrected chi connectivity index (χ2v) is 7.91. The Morgan fingerprint density at radius 3 is 2.15 bits per heavy atom. The number of halogens is 2. The summed E-state index contributed by atoms with van der Waals surface area (Å²) >= 11 is 6.81. The minimum Gasteiger partial charge on any atom is -0.507 e. The SMILES string of the molecule is CC(C)c1cc(Oc2c(Br)cc(C(C)C(=O)O)cc2Br)cc(C=O)c1O. The zero-order chi connectivity index (χ0) is 19.6. The molecule has 0 bridgehead atoms. The molecule has 0 fully saturated rings. The summed E-state index contributed by atoms with van der Waals surface area (Å²) < 4.78 is 7.05. The van der Waals surface area contributed by atoms with E-state index in [2.05, 4.69) is 31.9 Å². The monoisotopic (exact) mass is 484 g/mol. The third kappa shape index (κ3) is 4.27. The molecule has 2 rings (SSSR count). The number of carbonyl (C=O) groups is 2. The largest absolute Gasteiger partial charge is 0.507 e. The van der Waals surface area contributed by atoms with Gasteiger partial charge in [0.05, 0.1) is 20.4 Å². The Bertz CT molecular complexity index is 838. The smallest absolute Gasteiger partial charge is 0.310 e. The van der Waals surface area contributed by atoms with Crippen molar-refractivity contribution in [3.63, 3.8) is 0 Å². The molecule has 2 N–H and O–H groups in total. The minimum absolute atomic E-state index is 0.00271. The number of carboxylic acid groups (broad SMARTS) is 1. The van der Waals surface area contributed by atoms with E-state index in [9.17, 15) is 14.7 Å². The fourth-order valence-corrected chi connectivity index (χ4v) is 3.81. The van der Waals surface area contributed by atoms with Gasteiger partial charge in [-0.15, -0.1) is 0 Å². The average Bonchev–Trinajstić information content (AvgIpc) is 2.57. The van der Waals surface area contributed by atoms with Crippen LogP contribution >= 0.6 is 31.9 Å². The number of ether oxygens (including phenoxy) is 1. The van der Waals surface area contributed by atoms with Crippen LogP contribution in [0.5, 0.6) is 17.2 Å². The van der Waals surface area contributed by atoms with Crippen molar-refractivity contribution in [2.75, 3.05) is 0 Å². The second-order valence-electron chi connectivity index (χ2n) is 6.20. The van der Waals surface area contributed by atoms with Crippen molar-refractivity contribution in [1.82, 2.24) is 0 Å². The molecule has 1 atom stereocenters. The van der Waals surface area contributed by atoms with Gasteiger partial charge in [0.1, 0.15) is 11.5 Å². The molecule has 5 nitrogen and oxygen atoms in total. The first-order valence-corrected chi connectivity index (χ1v) is 9.46. The molecule has 1 unspecified atom stereocenters. The maximum absolute atomic E-state index is 11.2. The second kappa shape index (κ2) is 8.22. The minimum atomic E-state index is -0.923. The predicted octanol–water partition coefficient (Wildman–Crippen LogP) is 5.83. The van der Waals surface area contributed by atoms with Crippen LogP contribution in [0.3, 0.4) is 0 Å². The molecule has 0 spiro atoms. The van der Waals surface area contributed by atoms with Crippen molar-refractivity contribution >= 4 is 44.1 Å². The van der Waals surface area contributed by atoms with Crippen LogP contribution in [0.15, 0.2) is 33.2 Å². The van der Waals surface area contributed by atoms with Gasteiger partial charge in [0.2, 0.25) is 0 Å². The van der Waals surface area contributed by atoms with Gasteiger partial charge in [-0.05, 0) is 74.5 Å². The Hall–Kier alpha value is -1.86. The number of hydrogen-bond donors (Lipinski definition) is 2. The first-order valence-electron chi connectivity index (χ1n) is 7.87. The van der Waals surface area contributed by atoms with Crippen molar-refractivity contribution in [3.8, 4) is 17.2 Å². The third-order valence-electron chi connectivity index (χ3n) is 4.00. The highest BCUT2D eigenvalue weighted by Gasteiger charge is 2.19. The molecular weight excluding hydrogens is 468 g/mol. The Labute approximate surface area is 168 Å². The van der Waals surface area contributed by atoms with Crippen molar-refractivity contribution in [1.29, 1.82) is 0 Å². The fraction of sp³-hybridized carbons (Fsp3) is 0.263. The van der Waals surface area contributed by atoms with E-state index in [1.54, 1.807) is 25.1 Å². The molecule has 26 heavy (non-hydrogen) atoms. The molecule has 0 amide bonds. The van der Waals surface area contributed by atoms with E-state index in [1.807, 2.05) is 13.8 Å². The van der Waals surface area contributed by atoms with Crippen LogP contribution in [-0.2, 0) is 4.79 Å². The van der Waals surface area contributed by atoms with E-state index in [0.717, 1.165) is 0 Å². The summed E-state index contributed by atoms with van der Waals surface area (Å²) in [6.45, 7) is 5.41. The quantitative estimate of drug-likeness (QED) is 0.502. The Morgan fingerprint density at radius 2 is 1.69 bits per heavy atom. The van der Waals surface area contributed by atoms with Crippen molar-refractivity contribution in [2.24, 2.45) is 0 Å². The molecule has 2 aromatic carbocycles. The first kappa shape index (κ1) is 20.5. The predicted molar refractivity (Wildman–Crippen MR) is 106 cm³/mol. The number of carbonyl (C=O) groups excluding carboxylic acids is 1. The van der Waals surface area contributed by atoms with E-state index in [0.29, 0.717) is 37.9 Å². The van der Waals surface area contributed by atoms with E-state index in [1.165, 1.54) is 6.07 Å². The van der Waals surface area contributed by atoms with Crippen LogP contribution in [0.4, 0.5) is 0 Å². The lowest BCUT2D eigenvalue weighted by Crippen LogP contribution is -2.07. The zero-order valence-corrected chi connectivity index (χ0v) is 17.6. The number of rotatable bonds is 6. The molecule has 0 saturated heterocycles. The fourth-order valence-electron chi connectivity index (χ4n) is 2.43. The molecule has 0 aromatic heterocycles. The van der Waals surface area contributed by atoms with Crippen LogP contribution < -0.4 is 4.74 Å². The zero-order valence-electron chi connectivity index (χ0n) is 14.4. The van der Waals surface area contributed by atoms with Gasteiger partial charge in [-0.25, -0.2) is 0 Å². The van der Waals surface area contributed by atoms with Gasteiger partial charge in [-0.3, -0.25) is 9.59 Å². The summed E-state index contributed by atoms with van der Waals surface area (Å²) in [5.41, 5.74) is 1.37. The third-order valence-corrected chi connectivity index (χ3v) is 5.18. The van der Waals surface area contributed by atoms with Crippen molar-refractivity contribution in [2.45, 2.75) is 32.6 Å². The lowest BCUT2D eigenvalue weighted by atomic mass is 9.99.